The van der Waals surface area contributed by atoms with Gasteiger partial charge in [-0.15, -0.1) is 0 Å². The molecular weight excluding hydrogens is 426 g/mol. The summed E-state index contributed by atoms with van der Waals surface area (Å²) in [7, 11) is -4.05. The number of carbonyl (C=O) groups is 2. The van der Waals surface area contributed by atoms with E-state index in [2.05, 4.69) is 0 Å². The Bertz CT molecular complexity index is 1280. The van der Waals surface area contributed by atoms with Gasteiger partial charge in [-0.3, -0.25) is 9.59 Å². The van der Waals surface area contributed by atoms with Crippen LogP contribution in [0.2, 0.25) is 0 Å². The predicted octanol–water partition coefficient (Wildman–Crippen LogP) is 4.24. The minimum atomic E-state index is -4.05. The summed E-state index contributed by atoms with van der Waals surface area (Å²) in [6.45, 7) is 3.39. The lowest BCUT2D eigenvalue weighted by molar-refractivity contribution is -0.121. The van der Waals surface area contributed by atoms with E-state index in [-0.39, 0.29) is 16.6 Å². The van der Waals surface area contributed by atoms with Crippen molar-refractivity contribution < 1.29 is 22.7 Å². The Morgan fingerprint density at radius 3 is 2.34 bits per heavy atom. The van der Waals surface area contributed by atoms with Gasteiger partial charge in [-0.05, 0) is 53.3 Å². The number of ether oxygens (including phenoxy) is 1. The third kappa shape index (κ3) is 4.29. The van der Waals surface area contributed by atoms with Crippen LogP contribution in [0, 0.1) is 6.92 Å². The van der Waals surface area contributed by atoms with Gasteiger partial charge in [-0.25, -0.2) is 13.1 Å². The number of amides is 1. The Labute approximate surface area is 187 Å². The first kappa shape index (κ1) is 21.8. The molecule has 1 aliphatic carbocycles. The van der Waals surface area contributed by atoms with Crippen molar-refractivity contribution in [2.75, 3.05) is 6.61 Å². The molecule has 0 saturated heterocycles. The summed E-state index contributed by atoms with van der Waals surface area (Å²) in [5.41, 5.74) is 4.25. The highest BCUT2D eigenvalue weighted by Gasteiger charge is 2.31. The van der Waals surface area contributed by atoms with Crippen molar-refractivity contribution in [1.82, 2.24) is 4.72 Å². The molecular formula is C25H23NO5S. The lowest BCUT2D eigenvalue weighted by Crippen LogP contribution is -2.34. The van der Waals surface area contributed by atoms with E-state index in [0.29, 0.717) is 17.7 Å². The maximum absolute atomic E-state index is 12.6. The zero-order chi connectivity index (χ0) is 22.9. The van der Waals surface area contributed by atoms with E-state index in [4.69, 9.17) is 4.74 Å². The zero-order valence-electron chi connectivity index (χ0n) is 17.8. The Morgan fingerprint density at radius 2 is 1.66 bits per heavy atom. The highest BCUT2D eigenvalue weighted by molar-refractivity contribution is 7.90. The van der Waals surface area contributed by atoms with E-state index in [1.54, 1.807) is 18.2 Å². The normalized spacial score (nSPS) is 15.3. The minimum Gasteiger partial charge on any atom is -0.483 e. The van der Waals surface area contributed by atoms with Crippen molar-refractivity contribution in [2.45, 2.75) is 31.1 Å². The number of sulfonamides is 1. The lowest BCUT2D eigenvalue weighted by Gasteiger charge is -2.13. The molecule has 7 heteroatoms. The molecule has 0 spiro atoms. The fourth-order valence-corrected chi connectivity index (χ4v) is 5.04. The maximum Gasteiger partial charge on any atom is 0.271 e. The second-order valence-electron chi connectivity index (χ2n) is 7.91. The van der Waals surface area contributed by atoms with Gasteiger partial charge >= 0.3 is 0 Å². The van der Waals surface area contributed by atoms with Crippen LogP contribution < -0.4 is 9.46 Å². The maximum atomic E-state index is 12.6. The van der Waals surface area contributed by atoms with Gasteiger partial charge in [-0.2, -0.15) is 0 Å². The van der Waals surface area contributed by atoms with Crippen molar-refractivity contribution in [3.63, 3.8) is 0 Å². The van der Waals surface area contributed by atoms with Crippen molar-refractivity contribution >= 4 is 21.7 Å². The number of aryl methyl sites for hydroxylation is 1. The molecule has 3 aromatic rings. The number of benzene rings is 3. The first-order valence-corrected chi connectivity index (χ1v) is 11.7. The molecule has 1 aliphatic rings. The van der Waals surface area contributed by atoms with Gasteiger partial charge in [0.25, 0.3) is 15.9 Å². The molecule has 4 rings (SSSR count). The molecule has 0 aliphatic heterocycles. The number of nitrogens with one attached hydrogen (secondary N) is 1. The summed E-state index contributed by atoms with van der Waals surface area (Å²) in [6.07, 6.45) is 0.399. The smallest absolute Gasteiger partial charge is 0.271 e. The summed E-state index contributed by atoms with van der Waals surface area (Å²) >= 11 is 0. The van der Waals surface area contributed by atoms with Crippen LogP contribution >= 0.6 is 0 Å². The number of fused-ring (bicyclic) bond motifs is 1. The van der Waals surface area contributed by atoms with Crippen LogP contribution in [0.3, 0.4) is 0 Å². The van der Waals surface area contributed by atoms with Gasteiger partial charge in [-0.1, -0.05) is 55.5 Å². The largest absolute Gasteiger partial charge is 0.483 e. The molecule has 164 valence electrons. The molecule has 0 saturated carbocycles. The highest BCUT2D eigenvalue weighted by Crippen LogP contribution is 2.40. The zero-order valence-corrected chi connectivity index (χ0v) is 18.6. The molecule has 1 N–H and O–H groups in total. The Hall–Kier alpha value is -3.45. The van der Waals surface area contributed by atoms with E-state index >= 15 is 0 Å². The monoisotopic (exact) mass is 449 g/mol. The van der Waals surface area contributed by atoms with Gasteiger partial charge in [0, 0.05) is 6.42 Å². The fourth-order valence-electron chi connectivity index (χ4n) is 4.07. The number of carbonyl (C=O) groups excluding carboxylic acids is 2. The third-order valence-corrected chi connectivity index (χ3v) is 6.96. The van der Waals surface area contributed by atoms with Crippen LogP contribution in [-0.2, 0) is 14.8 Å². The highest BCUT2D eigenvalue weighted by atomic mass is 32.2. The van der Waals surface area contributed by atoms with Crippen LogP contribution in [-0.4, -0.2) is 26.7 Å². The SMILES string of the molecule is Cc1ccc(OCC(=O)NS(=O)(=O)c2ccc(-c3ccccc3)cc2)c2c1C(C)CC2=O. The number of ketones is 1. The number of hydrogen-bond acceptors (Lipinski definition) is 5. The van der Waals surface area contributed by atoms with Crippen LogP contribution in [0.1, 0.15) is 40.7 Å². The van der Waals surface area contributed by atoms with E-state index in [1.165, 1.54) is 12.1 Å². The average molecular weight is 450 g/mol. The van der Waals surface area contributed by atoms with Crippen molar-refractivity contribution in [3.05, 3.63) is 83.4 Å². The van der Waals surface area contributed by atoms with Gasteiger partial charge in [0.15, 0.2) is 12.4 Å². The molecule has 6 nitrogen and oxygen atoms in total. The quantitative estimate of drug-likeness (QED) is 0.608. The summed E-state index contributed by atoms with van der Waals surface area (Å²) in [5.74, 6) is -0.448. The lowest BCUT2D eigenvalue weighted by atomic mass is 9.97. The van der Waals surface area contributed by atoms with E-state index in [1.807, 2.05) is 55.0 Å². The van der Waals surface area contributed by atoms with E-state index in [9.17, 15) is 18.0 Å². The molecule has 3 aromatic carbocycles. The standard InChI is InChI=1S/C25H23NO5S/c1-16-8-13-22(25-21(27)14-17(2)24(16)25)31-15-23(28)26-32(29,30)20-11-9-19(10-12-20)18-6-4-3-5-7-18/h3-13,17H,14-15H2,1-2H3,(H,26,28). The van der Waals surface area contributed by atoms with E-state index < -0.39 is 22.5 Å². The summed E-state index contributed by atoms with van der Waals surface area (Å²) in [6, 6.07) is 19.3. The Morgan fingerprint density at radius 1 is 1.00 bits per heavy atom. The van der Waals surface area contributed by atoms with E-state index in [0.717, 1.165) is 22.3 Å². The average Bonchev–Trinajstić information content (AvgIpc) is 3.08. The first-order valence-electron chi connectivity index (χ1n) is 10.3. The number of rotatable bonds is 6. The fraction of sp³-hybridized carbons (Fsp3) is 0.200. The van der Waals surface area contributed by atoms with Crippen molar-refractivity contribution in [1.29, 1.82) is 0 Å². The van der Waals surface area contributed by atoms with Gasteiger partial charge < -0.3 is 4.74 Å². The number of hydrogen-bond donors (Lipinski definition) is 1. The first-order chi connectivity index (χ1) is 15.3. The summed E-state index contributed by atoms with van der Waals surface area (Å²) < 4.78 is 32.7. The molecule has 0 fully saturated rings. The molecule has 1 unspecified atom stereocenters. The third-order valence-electron chi connectivity index (χ3n) is 5.57. The molecule has 0 aromatic heterocycles. The van der Waals surface area contributed by atoms with Gasteiger partial charge in [0.1, 0.15) is 5.75 Å². The summed E-state index contributed by atoms with van der Waals surface area (Å²) in [4.78, 5) is 24.6. The Balaban J connectivity index is 1.44. The molecule has 1 atom stereocenters. The second kappa shape index (κ2) is 8.59. The summed E-state index contributed by atoms with van der Waals surface area (Å²) in [5, 5.41) is 0. The molecule has 0 radical (unpaired) electrons. The van der Waals surface area contributed by atoms with Gasteiger partial charge in [0.05, 0.1) is 10.5 Å². The van der Waals surface area contributed by atoms with Crippen LogP contribution in [0.4, 0.5) is 0 Å². The molecule has 0 bridgehead atoms. The van der Waals surface area contributed by atoms with Crippen molar-refractivity contribution in [3.8, 4) is 16.9 Å². The van der Waals surface area contributed by atoms with Crippen LogP contribution in [0.25, 0.3) is 11.1 Å². The predicted molar refractivity (Wildman–Crippen MR) is 121 cm³/mol. The molecule has 0 heterocycles. The van der Waals surface area contributed by atoms with Crippen molar-refractivity contribution in [2.24, 2.45) is 0 Å². The second-order valence-corrected chi connectivity index (χ2v) is 9.59. The molecule has 1 amide bonds. The number of Topliss-reactive ketones (excluding diaryl/α,β-unsaturated/α-hetero) is 1. The Kier molecular flexibility index (Phi) is 5.84. The van der Waals surface area contributed by atoms with Crippen LogP contribution in [0.5, 0.6) is 5.75 Å². The van der Waals surface area contributed by atoms with Crippen LogP contribution in [0.15, 0.2) is 71.6 Å². The molecule has 32 heavy (non-hydrogen) atoms. The minimum absolute atomic E-state index is 0.0224. The van der Waals surface area contributed by atoms with Gasteiger partial charge in [0.2, 0.25) is 0 Å². The topological polar surface area (TPSA) is 89.5 Å².